The van der Waals surface area contributed by atoms with Crippen LogP contribution in [0.5, 0.6) is 0 Å². The molecular formula is C34H51FN6O3Si2. The van der Waals surface area contributed by atoms with Crippen molar-refractivity contribution in [2.24, 2.45) is 0 Å². The van der Waals surface area contributed by atoms with Gasteiger partial charge >= 0.3 is 0 Å². The molecular weight excluding hydrogens is 616 g/mol. The Balaban J connectivity index is 1.53. The molecule has 1 aliphatic heterocycles. The first-order valence-electron chi connectivity index (χ1n) is 16.5. The number of nitrogens with zero attached hydrogens (tertiary/aromatic N) is 5. The largest absolute Gasteiger partial charge is 0.381 e. The van der Waals surface area contributed by atoms with Crippen LogP contribution in [0.3, 0.4) is 0 Å². The number of pyridine rings is 1. The molecule has 0 bridgehead atoms. The molecule has 1 N–H and O–H groups in total. The van der Waals surface area contributed by atoms with Gasteiger partial charge < -0.3 is 24.4 Å². The second-order valence-electron chi connectivity index (χ2n) is 14.9. The van der Waals surface area contributed by atoms with E-state index in [0.29, 0.717) is 38.4 Å². The lowest BCUT2D eigenvalue weighted by atomic mass is 10.1. The highest BCUT2D eigenvalue weighted by molar-refractivity contribution is 6.76. The number of aromatic nitrogens is 4. The van der Waals surface area contributed by atoms with Gasteiger partial charge in [0.2, 0.25) is 0 Å². The highest BCUT2D eigenvalue weighted by atomic mass is 28.3. The molecule has 1 fully saturated rings. The van der Waals surface area contributed by atoms with E-state index in [1.807, 2.05) is 23.0 Å². The molecule has 4 heterocycles. The Kier molecular flexibility index (Phi) is 11.3. The summed E-state index contributed by atoms with van der Waals surface area (Å²) >= 11 is 0. The maximum absolute atomic E-state index is 14.1. The summed E-state index contributed by atoms with van der Waals surface area (Å²) in [4.78, 5) is 11.9. The lowest BCUT2D eigenvalue weighted by molar-refractivity contribution is 0.0753. The second kappa shape index (κ2) is 15.0. The summed E-state index contributed by atoms with van der Waals surface area (Å²) in [5, 5.41) is 9.36. The van der Waals surface area contributed by atoms with Gasteiger partial charge in [-0.1, -0.05) is 39.3 Å². The van der Waals surface area contributed by atoms with E-state index < -0.39 is 16.1 Å². The number of anilines is 1. The fraction of sp³-hybridized carbons (Fsp3) is 0.559. The van der Waals surface area contributed by atoms with Gasteiger partial charge in [0, 0.05) is 83.4 Å². The van der Waals surface area contributed by atoms with Crippen molar-refractivity contribution in [3.63, 3.8) is 0 Å². The lowest BCUT2D eigenvalue weighted by Crippen LogP contribution is -2.37. The molecule has 1 saturated heterocycles. The summed E-state index contributed by atoms with van der Waals surface area (Å²) in [5.74, 6) is 0.564. The molecule has 0 aliphatic carbocycles. The number of rotatable bonds is 15. The van der Waals surface area contributed by atoms with E-state index in [4.69, 9.17) is 24.3 Å². The summed E-state index contributed by atoms with van der Waals surface area (Å²) in [5.41, 5.74) is 4.02. The minimum atomic E-state index is -1.25. The lowest BCUT2D eigenvalue weighted by Gasteiger charge is -2.29. The van der Waals surface area contributed by atoms with Crippen LogP contribution in [-0.4, -0.2) is 81.7 Å². The van der Waals surface area contributed by atoms with Crippen LogP contribution in [0.25, 0.3) is 27.7 Å². The highest BCUT2D eigenvalue weighted by Crippen LogP contribution is 2.31. The van der Waals surface area contributed by atoms with E-state index in [1.54, 1.807) is 6.07 Å². The zero-order valence-electron chi connectivity index (χ0n) is 28.6. The highest BCUT2D eigenvalue weighted by Gasteiger charge is 2.23. The molecule has 0 saturated carbocycles. The van der Waals surface area contributed by atoms with Gasteiger partial charge in [-0.05, 0) is 56.1 Å². The van der Waals surface area contributed by atoms with Crippen LogP contribution in [0.4, 0.5) is 10.2 Å². The van der Waals surface area contributed by atoms with Crippen LogP contribution in [-0.2, 0) is 14.2 Å². The second-order valence-corrected chi connectivity index (χ2v) is 26.1. The predicted octanol–water partition coefficient (Wildman–Crippen LogP) is 7.34. The van der Waals surface area contributed by atoms with Gasteiger partial charge in [-0.2, -0.15) is 9.61 Å². The van der Waals surface area contributed by atoms with Crippen LogP contribution >= 0.6 is 0 Å². The fourth-order valence-electron chi connectivity index (χ4n) is 5.44. The van der Waals surface area contributed by atoms with Crippen LogP contribution in [0.15, 0.2) is 42.7 Å². The van der Waals surface area contributed by atoms with Gasteiger partial charge in [-0.25, -0.2) is 9.37 Å². The Morgan fingerprint density at radius 1 is 0.978 bits per heavy atom. The predicted molar refractivity (Wildman–Crippen MR) is 189 cm³/mol. The van der Waals surface area contributed by atoms with Gasteiger partial charge in [0.1, 0.15) is 25.1 Å². The molecule has 0 spiro atoms. The third-order valence-electron chi connectivity index (χ3n) is 8.39. The van der Waals surface area contributed by atoms with E-state index in [-0.39, 0.29) is 11.9 Å². The van der Waals surface area contributed by atoms with Crippen molar-refractivity contribution < 1.29 is 18.6 Å². The zero-order valence-corrected chi connectivity index (χ0v) is 30.6. The Bertz CT molecular complexity index is 1580. The van der Waals surface area contributed by atoms with Crippen LogP contribution < -0.4 is 10.2 Å². The minimum absolute atomic E-state index is 0.0131. The standard InChI is InChI=1S/C34H51FN6O3Si2/c1-25(38-29-10-12-42-13-11-29)32-20-33(40(23-43-14-16-45(2,3)4)24-44-15-17-46(5,6)7)41-34(39-32)30(22-37-41)27-18-26-19-28(35)8-9-31(26)36-21-27/h8-9,18-22,25,29,38H,10-17,23-24H2,1-7H3. The number of benzene rings is 1. The number of ether oxygens (including phenoxy) is 3. The number of nitrogens with one attached hydrogen (secondary N) is 1. The van der Waals surface area contributed by atoms with Crippen LogP contribution in [0.2, 0.25) is 51.4 Å². The summed E-state index contributed by atoms with van der Waals surface area (Å²) in [6.45, 7) is 20.0. The average Bonchev–Trinajstić information content (AvgIpc) is 3.43. The molecule has 5 rings (SSSR count). The maximum atomic E-state index is 14.1. The Morgan fingerprint density at radius 3 is 2.30 bits per heavy atom. The van der Waals surface area contributed by atoms with Gasteiger partial charge in [0.15, 0.2) is 5.65 Å². The fourth-order valence-corrected chi connectivity index (χ4v) is 6.96. The molecule has 9 nitrogen and oxygen atoms in total. The molecule has 46 heavy (non-hydrogen) atoms. The Hall–Kier alpha value is -2.75. The van der Waals surface area contributed by atoms with Gasteiger partial charge in [0.05, 0.1) is 17.4 Å². The number of hydrogen-bond acceptors (Lipinski definition) is 8. The number of hydrogen-bond donors (Lipinski definition) is 1. The van der Waals surface area contributed by atoms with Crippen molar-refractivity contribution in [3.05, 3.63) is 54.2 Å². The Labute approximate surface area is 274 Å². The van der Waals surface area contributed by atoms with E-state index >= 15 is 0 Å². The molecule has 1 unspecified atom stereocenters. The smallest absolute Gasteiger partial charge is 0.165 e. The van der Waals surface area contributed by atoms with Crippen molar-refractivity contribution in [3.8, 4) is 11.1 Å². The SMILES string of the molecule is CC(NC1CCOCC1)c1cc(N(COCC[Si](C)(C)C)COCC[Si](C)(C)C)n2ncc(-c3cnc4ccc(F)cc4c3)c2n1. The van der Waals surface area contributed by atoms with Crippen molar-refractivity contribution >= 4 is 38.5 Å². The summed E-state index contributed by atoms with van der Waals surface area (Å²) in [7, 11) is -2.50. The molecule has 250 valence electrons. The first-order valence-corrected chi connectivity index (χ1v) is 24.0. The third kappa shape index (κ3) is 9.42. The molecule has 12 heteroatoms. The molecule has 1 aliphatic rings. The normalized spacial score (nSPS) is 15.6. The van der Waals surface area contributed by atoms with E-state index in [1.165, 1.54) is 12.1 Å². The Morgan fingerprint density at radius 2 is 1.65 bits per heavy atom. The van der Waals surface area contributed by atoms with Crippen molar-refractivity contribution in [2.75, 3.05) is 44.8 Å². The van der Waals surface area contributed by atoms with Crippen LogP contribution in [0, 0.1) is 5.82 Å². The third-order valence-corrected chi connectivity index (χ3v) is 11.8. The molecule has 1 atom stereocenters. The molecule has 3 aromatic heterocycles. The average molecular weight is 667 g/mol. The monoisotopic (exact) mass is 666 g/mol. The number of halogens is 1. The van der Waals surface area contributed by atoms with E-state index in [2.05, 4.69) is 67.5 Å². The van der Waals surface area contributed by atoms with Crippen LogP contribution in [0.1, 0.15) is 31.5 Å². The maximum Gasteiger partial charge on any atom is 0.165 e. The first-order chi connectivity index (χ1) is 21.9. The van der Waals surface area contributed by atoms with E-state index in [0.717, 1.165) is 71.7 Å². The topological polar surface area (TPSA) is 86.0 Å². The molecule has 0 radical (unpaired) electrons. The van der Waals surface area contributed by atoms with Crippen molar-refractivity contribution in [1.82, 2.24) is 24.9 Å². The van der Waals surface area contributed by atoms with Gasteiger partial charge in [0.25, 0.3) is 0 Å². The quantitative estimate of drug-likeness (QED) is 0.0802. The number of fused-ring (bicyclic) bond motifs is 2. The van der Waals surface area contributed by atoms with E-state index in [9.17, 15) is 4.39 Å². The van der Waals surface area contributed by atoms with Gasteiger partial charge in [-0.15, -0.1) is 0 Å². The molecule has 0 amide bonds. The van der Waals surface area contributed by atoms with Crippen molar-refractivity contribution in [2.45, 2.75) is 83.2 Å². The molecule has 4 aromatic rings. The minimum Gasteiger partial charge on any atom is -0.381 e. The summed E-state index contributed by atoms with van der Waals surface area (Å²) in [6, 6.07) is 11.2. The first kappa shape index (κ1) is 34.6. The molecule has 1 aromatic carbocycles. The summed E-state index contributed by atoms with van der Waals surface area (Å²) in [6.07, 6.45) is 5.58. The zero-order chi connectivity index (χ0) is 32.9. The van der Waals surface area contributed by atoms with Gasteiger partial charge in [-0.3, -0.25) is 4.98 Å². The summed E-state index contributed by atoms with van der Waals surface area (Å²) < 4.78 is 34.2. The van der Waals surface area contributed by atoms with Crippen molar-refractivity contribution in [1.29, 1.82) is 0 Å².